The number of nitrogens with zero attached hydrogens (tertiary/aromatic N) is 3. The third-order valence-electron chi connectivity index (χ3n) is 3.61. The van der Waals surface area contributed by atoms with Gasteiger partial charge in [-0.25, -0.2) is 9.97 Å². The zero-order valence-electron chi connectivity index (χ0n) is 12.7. The number of aromatic nitrogens is 3. The van der Waals surface area contributed by atoms with Gasteiger partial charge in [-0.05, 0) is 30.7 Å². The van der Waals surface area contributed by atoms with Crippen LogP contribution in [0.2, 0.25) is 0 Å². The lowest BCUT2D eigenvalue weighted by Gasteiger charge is -2.04. The molecule has 1 N–H and O–H groups in total. The second-order valence-electron chi connectivity index (χ2n) is 5.35. The number of anilines is 1. The van der Waals surface area contributed by atoms with Crippen LogP contribution in [0.5, 0.6) is 0 Å². The van der Waals surface area contributed by atoms with E-state index in [0.717, 1.165) is 15.8 Å². The Hall–Kier alpha value is -3.06. The largest absolute Gasteiger partial charge is 0.298 e. The number of hydrogen-bond donors (Lipinski definition) is 1. The van der Waals surface area contributed by atoms with E-state index in [1.165, 1.54) is 21.9 Å². The van der Waals surface area contributed by atoms with E-state index in [9.17, 15) is 9.59 Å². The van der Waals surface area contributed by atoms with Gasteiger partial charge in [0, 0.05) is 12.4 Å². The number of fused-ring (bicyclic) bond motifs is 2. The van der Waals surface area contributed by atoms with Gasteiger partial charge in [0.05, 0.1) is 10.2 Å². The number of carbonyl (C=O) groups excluding carboxylic acids is 1. The van der Waals surface area contributed by atoms with Gasteiger partial charge in [-0.3, -0.25) is 19.3 Å². The number of pyridine rings is 1. The molecular weight excluding hydrogens is 324 g/mol. The average molecular weight is 336 g/mol. The first-order valence-corrected chi connectivity index (χ1v) is 8.08. The fourth-order valence-electron chi connectivity index (χ4n) is 2.43. The van der Waals surface area contributed by atoms with Crippen LogP contribution < -0.4 is 10.9 Å². The topological polar surface area (TPSA) is 76.4 Å². The first-order valence-electron chi connectivity index (χ1n) is 7.27. The van der Waals surface area contributed by atoms with E-state index < -0.39 is 11.5 Å². The van der Waals surface area contributed by atoms with Crippen LogP contribution in [0.3, 0.4) is 0 Å². The lowest BCUT2D eigenvalue weighted by Crippen LogP contribution is -2.26. The number of rotatable bonds is 2. The Morgan fingerprint density at radius 2 is 2.04 bits per heavy atom. The zero-order chi connectivity index (χ0) is 16.7. The molecule has 0 saturated heterocycles. The molecule has 0 radical (unpaired) electrons. The molecule has 0 saturated carbocycles. The predicted molar refractivity (Wildman–Crippen MR) is 93.8 cm³/mol. The monoisotopic (exact) mass is 336 g/mol. The summed E-state index contributed by atoms with van der Waals surface area (Å²) in [6.07, 6.45) is 2.97. The smallest absolute Gasteiger partial charge is 0.270 e. The van der Waals surface area contributed by atoms with Gasteiger partial charge < -0.3 is 0 Å². The maximum Gasteiger partial charge on any atom is 0.270 e. The standard InChI is InChI=1S/C17H12N4O2S/c1-10-6-7-14-18-8-11(16(23)21(14)9-10)15(22)20-17-19-12-4-2-3-5-13(12)24-17/h2-9H,1H3,(H,19,20,22). The van der Waals surface area contributed by atoms with Gasteiger partial charge in [0.15, 0.2) is 5.13 Å². The molecule has 1 amide bonds. The molecule has 24 heavy (non-hydrogen) atoms. The lowest BCUT2D eigenvalue weighted by molar-refractivity contribution is 0.102. The molecule has 118 valence electrons. The molecule has 0 bridgehead atoms. The summed E-state index contributed by atoms with van der Waals surface area (Å²) in [5, 5.41) is 3.14. The molecule has 0 unspecified atom stereocenters. The molecule has 3 aromatic heterocycles. The van der Waals surface area contributed by atoms with Crippen molar-refractivity contribution in [3.8, 4) is 0 Å². The van der Waals surface area contributed by atoms with Gasteiger partial charge in [-0.2, -0.15) is 0 Å². The minimum absolute atomic E-state index is 0.0163. The van der Waals surface area contributed by atoms with E-state index in [-0.39, 0.29) is 5.56 Å². The minimum Gasteiger partial charge on any atom is -0.298 e. The lowest BCUT2D eigenvalue weighted by atomic mass is 10.3. The molecule has 0 fully saturated rings. The third-order valence-corrected chi connectivity index (χ3v) is 4.56. The summed E-state index contributed by atoms with van der Waals surface area (Å²) in [4.78, 5) is 33.5. The maximum absolute atomic E-state index is 12.5. The Kier molecular flexibility index (Phi) is 3.35. The van der Waals surface area contributed by atoms with E-state index in [0.29, 0.717) is 10.8 Å². The molecule has 0 aliphatic carbocycles. The first-order chi connectivity index (χ1) is 11.6. The van der Waals surface area contributed by atoms with Crippen LogP contribution in [0.4, 0.5) is 5.13 Å². The molecule has 0 aliphatic rings. The fourth-order valence-corrected chi connectivity index (χ4v) is 3.29. The SMILES string of the molecule is Cc1ccc2ncc(C(=O)Nc3nc4ccccc4s3)c(=O)n2c1. The van der Waals surface area contributed by atoms with Crippen LogP contribution in [-0.2, 0) is 0 Å². The van der Waals surface area contributed by atoms with E-state index >= 15 is 0 Å². The van der Waals surface area contributed by atoms with Crippen LogP contribution in [0.1, 0.15) is 15.9 Å². The quantitative estimate of drug-likeness (QED) is 0.611. The van der Waals surface area contributed by atoms with Crippen molar-refractivity contribution < 1.29 is 4.79 Å². The summed E-state index contributed by atoms with van der Waals surface area (Å²) in [6.45, 7) is 1.87. The van der Waals surface area contributed by atoms with Crippen LogP contribution in [-0.4, -0.2) is 20.3 Å². The number of benzene rings is 1. The molecule has 4 aromatic rings. The number of hydrogen-bond acceptors (Lipinski definition) is 5. The van der Waals surface area contributed by atoms with Crippen molar-refractivity contribution >= 4 is 38.2 Å². The third kappa shape index (κ3) is 2.44. The van der Waals surface area contributed by atoms with E-state index in [1.807, 2.05) is 37.3 Å². The molecular formula is C17H12N4O2S. The number of amides is 1. The highest BCUT2D eigenvalue weighted by molar-refractivity contribution is 7.22. The molecule has 3 heterocycles. The maximum atomic E-state index is 12.5. The molecule has 7 heteroatoms. The summed E-state index contributed by atoms with van der Waals surface area (Å²) < 4.78 is 2.35. The highest BCUT2D eigenvalue weighted by Crippen LogP contribution is 2.25. The summed E-state index contributed by atoms with van der Waals surface area (Å²) >= 11 is 1.36. The minimum atomic E-state index is -0.512. The molecule has 4 rings (SSSR count). The van der Waals surface area contributed by atoms with Crippen molar-refractivity contribution in [1.82, 2.24) is 14.4 Å². The van der Waals surface area contributed by atoms with Crippen LogP contribution in [0.25, 0.3) is 15.9 Å². The van der Waals surface area contributed by atoms with Crippen LogP contribution in [0, 0.1) is 6.92 Å². The number of para-hydroxylation sites is 1. The Morgan fingerprint density at radius 3 is 2.88 bits per heavy atom. The van der Waals surface area contributed by atoms with Gasteiger partial charge in [-0.1, -0.05) is 29.5 Å². The van der Waals surface area contributed by atoms with E-state index in [2.05, 4.69) is 15.3 Å². The first kappa shape index (κ1) is 14.5. The second kappa shape index (κ2) is 5.54. The Morgan fingerprint density at radius 1 is 1.21 bits per heavy atom. The van der Waals surface area contributed by atoms with Gasteiger partial charge in [0.25, 0.3) is 11.5 Å². The normalized spacial score (nSPS) is 11.0. The van der Waals surface area contributed by atoms with Crippen molar-refractivity contribution in [3.05, 3.63) is 70.3 Å². The van der Waals surface area contributed by atoms with Crippen molar-refractivity contribution in [1.29, 1.82) is 0 Å². The zero-order valence-corrected chi connectivity index (χ0v) is 13.5. The molecule has 0 spiro atoms. The van der Waals surface area contributed by atoms with E-state index in [4.69, 9.17) is 0 Å². The summed E-state index contributed by atoms with van der Waals surface area (Å²) in [5.41, 5.74) is 1.80. The summed E-state index contributed by atoms with van der Waals surface area (Å²) in [7, 11) is 0. The van der Waals surface area contributed by atoms with Gasteiger partial charge in [0.1, 0.15) is 11.2 Å². The Balaban J connectivity index is 1.72. The van der Waals surface area contributed by atoms with Crippen LogP contribution >= 0.6 is 11.3 Å². The molecule has 0 aliphatic heterocycles. The predicted octanol–water partition coefficient (Wildman–Crippen LogP) is 2.86. The van der Waals surface area contributed by atoms with Crippen molar-refractivity contribution in [3.63, 3.8) is 0 Å². The highest BCUT2D eigenvalue weighted by Gasteiger charge is 2.15. The number of aryl methyl sites for hydroxylation is 1. The van der Waals surface area contributed by atoms with Crippen molar-refractivity contribution in [2.45, 2.75) is 6.92 Å². The molecule has 6 nitrogen and oxygen atoms in total. The van der Waals surface area contributed by atoms with Crippen molar-refractivity contribution in [2.24, 2.45) is 0 Å². The number of nitrogens with one attached hydrogen (secondary N) is 1. The van der Waals surface area contributed by atoms with Gasteiger partial charge >= 0.3 is 0 Å². The van der Waals surface area contributed by atoms with Gasteiger partial charge in [-0.15, -0.1) is 0 Å². The van der Waals surface area contributed by atoms with Crippen molar-refractivity contribution in [2.75, 3.05) is 5.32 Å². The average Bonchev–Trinajstić information content (AvgIpc) is 2.97. The van der Waals surface area contributed by atoms with E-state index in [1.54, 1.807) is 12.3 Å². The molecule has 0 atom stereocenters. The number of carbonyl (C=O) groups is 1. The summed E-state index contributed by atoms with van der Waals surface area (Å²) in [6, 6.07) is 11.2. The number of thiazole rings is 1. The fraction of sp³-hybridized carbons (Fsp3) is 0.0588. The van der Waals surface area contributed by atoms with Crippen LogP contribution in [0.15, 0.2) is 53.6 Å². The Bertz CT molecular complexity index is 1110. The Labute approximate surface area is 140 Å². The van der Waals surface area contributed by atoms with Gasteiger partial charge in [0.2, 0.25) is 0 Å². The summed E-state index contributed by atoms with van der Waals surface area (Å²) in [5.74, 6) is -0.512. The highest BCUT2D eigenvalue weighted by atomic mass is 32.1. The molecule has 1 aromatic carbocycles. The second-order valence-corrected chi connectivity index (χ2v) is 6.38.